The van der Waals surface area contributed by atoms with Crippen molar-refractivity contribution in [3.8, 4) is 0 Å². The lowest BCUT2D eigenvalue weighted by atomic mass is 10.1. The average Bonchev–Trinajstić information content (AvgIpc) is 2.69. The normalized spacial score (nSPS) is 17.5. The topological polar surface area (TPSA) is 15.3 Å². The van der Waals surface area contributed by atoms with E-state index in [1.807, 2.05) is 0 Å². The van der Waals surface area contributed by atoms with Gasteiger partial charge in [0.2, 0.25) is 0 Å². The maximum Gasteiger partial charge on any atom is 0.0107 e. The largest absolute Gasteiger partial charge is 0.315 e. The standard InChI is InChI=1S/C17H36N2/c1-2-3-4-5-6-7-8-9-10-11-15-19-16-12-13-18-14-17-19/h18H,2-17H2,1H3. The fourth-order valence-electron chi connectivity index (χ4n) is 2.95. The summed E-state index contributed by atoms with van der Waals surface area (Å²) in [6.45, 7) is 8.60. The Morgan fingerprint density at radius 1 is 0.737 bits per heavy atom. The van der Waals surface area contributed by atoms with Gasteiger partial charge in [-0.05, 0) is 32.5 Å². The molecular formula is C17H36N2. The summed E-state index contributed by atoms with van der Waals surface area (Å²) in [4.78, 5) is 2.64. The molecule has 0 spiro atoms. The Kier molecular flexibility index (Phi) is 11.5. The SMILES string of the molecule is CCCCCCCCCCCCN1CCCNCC1. The quantitative estimate of drug-likeness (QED) is 0.565. The molecule has 0 bridgehead atoms. The third-order valence-electron chi connectivity index (χ3n) is 4.26. The number of nitrogens with one attached hydrogen (secondary N) is 1. The highest BCUT2D eigenvalue weighted by Crippen LogP contribution is 2.11. The summed E-state index contributed by atoms with van der Waals surface area (Å²) in [6.07, 6.45) is 15.8. The molecule has 1 N–H and O–H groups in total. The minimum Gasteiger partial charge on any atom is -0.315 e. The molecule has 0 unspecified atom stereocenters. The Balaban J connectivity index is 1.78. The van der Waals surface area contributed by atoms with Gasteiger partial charge in [-0.25, -0.2) is 0 Å². The fourth-order valence-corrected chi connectivity index (χ4v) is 2.95. The molecule has 2 heteroatoms. The first-order valence-electron chi connectivity index (χ1n) is 8.86. The van der Waals surface area contributed by atoms with Crippen molar-refractivity contribution in [2.24, 2.45) is 0 Å². The zero-order chi connectivity index (χ0) is 13.6. The Bertz CT molecular complexity index is 174. The van der Waals surface area contributed by atoms with E-state index in [9.17, 15) is 0 Å². The minimum atomic E-state index is 1.19. The van der Waals surface area contributed by atoms with E-state index in [0.29, 0.717) is 0 Å². The summed E-state index contributed by atoms with van der Waals surface area (Å²) in [5.74, 6) is 0. The smallest absolute Gasteiger partial charge is 0.0107 e. The summed E-state index contributed by atoms with van der Waals surface area (Å²) < 4.78 is 0. The van der Waals surface area contributed by atoms with Crippen LogP contribution in [0.3, 0.4) is 0 Å². The molecule has 1 saturated heterocycles. The zero-order valence-corrected chi connectivity index (χ0v) is 13.3. The molecule has 0 aromatic rings. The van der Waals surface area contributed by atoms with Crippen molar-refractivity contribution in [3.63, 3.8) is 0 Å². The third-order valence-corrected chi connectivity index (χ3v) is 4.26. The van der Waals surface area contributed by atoms with Gasteiger partial charge < -0.3 is 10.2 Å². The highest BCUT2D eigenvalue weighted by Gasteiger charge is 2.07. The second-order valence-electron chi connectivity index (χ2n) is 6.13. The van der Waals surface area contributed by atoms with Crippen molar-refractivity contribution >= 4 is 0 Å². The summed E-state index contributed by atoms with van der Waals surface area (Å²) >= 11 is 0. The lowest BCUT2D eigenvalue weighted by Crippen LogP contribution is -2.29. The zero-order valence-electron chi connectivity index (χ0n) is 13.3. The van der Waals surface area contributed by atoms with Crippen LogP contribution >= 0.6 is 0 Å². The van der Waals surface area contributed by atoms with Crippen molar-refractivity contribution in [2.45, 2.75) is 77.6 Å². The van der Waals surface area contributed by atoms with E-state index in [4.69, 9.17) is 0 Å². The number of unbranched alkanes of at least 4 members (excludes halogenated alkanes) is 9. The fraction of sp³-hybridized carbons (Fsp3) is 1.00. The van der Waals surface area contributed by atoms with Gasteiger partial charge in [-0.3, -0.25) is 0 Å². The summed E-state index contributed by atoms with van der Waals surface area (Å²) in [7, 11) is 0. The Morgan fingerprint density at radius 3 is 2.05 bits per heavy atom. The van der Waals surface area contributed by atoms with E-state index in [-0.39, 0.29) is 0 Å². The van der Waals surface area contributed by atoms with Crippen molar-refractivity contribution < 1.29 is 0 Å². The Hall–Kier alpha value is -0.0800. The first kappa shape index (κ1) is 17.0. The number of nitrogens with zero attached hydrogens (tertiary/aromatic N) is 1. The Labute approximate surface area is 121 Å². The van der Waals surface area contributed by atoms with E-state index < -0.39 is 0 Å². The van der Waals surface area contributed by atoms with Gasteiger partial charge in [0, 0.05) is 13.1 Å². The van der Waals surface area contributed by atoms with Gasteiger partial charge in [-0.2, -0.15) is 0 Å². The Morgan fingerprint density at radius 2 is 1.37 bits per heavy atom. The van der Waals surface area contributed by atoms with Crippen LogP contribution in [0.15, 0.2) is 0 Å². The molecule has 0 amide bonds. The summed E-state index contributed by atoms with van der Waals surface area (Å²) in [5.41, 5.74) is 0. The first-order chi connectivity index (χ1) is 9.43. The monoisotopic (exact) mass is 268 g/mol. The lowest BCUT2D eigenvalue weighted by Gasteiger charge is -2.18. The van der Waals surface area contributed by atoms with Crippen molar-refractivity contribution in [2.75, 3.05) is 32.7 Å². The average molecular weight is 268 g/mol. The molecule has 0 atom stereocenters. The van der Waals surface area contributed by atoms with Crippen LogP contribution in [0.1, 0.15) is 77.6 Å². The van der Waals surface area contributed by atoms with E-state index in [2.05, 4.69) is 17.1 Å². The van der Waals surface area contributed by atoms with Crippen LogP contribution < -0.4 is 5.32 Å². The van der Waals surface area contributed by atoms with Gasteiger partial charge in [-0.15, -0.1) is 0 Å². The van der Waals surface area contributed by atoms with Gasteiger partial charge in [-0.1, -0.05) is 64.7 Å². The van der Waals surface area contributed by atoms with Gasteiger partial charge in [0.05, 0.1) is 0 Å². The molecule has 2 nitrogen and oxygen atoms in total. The molecule has 0 radical (unpaired) electrons. The molecule has 114 valence electrons. The van der Waals surface area contributed by atoms with E-state index in [1.54, 1.807) is 0 Å². The molecule has 19 heavy (non-hydrogen) atoms. The van der Waals surface area contributed by atoms with Crippen LogP contribution in [-0.2, 0) is 0 Å². The van der Waals surface area contributed by atoms with E-state index in [1.165, 1.54) is 103 Å². The second kappa shape index (κ2) is 12.9. The van der Waals surface area contributed by atoms with E-state index in [0.717, 1.165) is 0 Å². The van der Waals surface area contributed by atoms with Gasteiger partial charge in [0.15, 0.2) is 0 Å². The van der Waals surface area contributed by atoms with Crippen molar-refractivity contribution in [1.82, 2.24) is 10.2 Å². The van der Waals surface area contributed by atoms with Gasteiger partial charge in [0.25, 0.3) is 0 Å². The summed E-state index contributed by atoms with van der Waals surface area (Å²) in [5, 5.41) is 3.47. The predicted octanol–water partition coefficient (Wildman–Crippen LogP) is 4.20. The molecule has 0 aromatic carbocycles. The van der Waals surface area contributed by atoms with Crippen LogP contribution in [0.5, 0.6) is 0 Å². The number of rotatable bonds is 11. The van der Waals surface area contributed by atoms with Crippen LogP contribution in [0.25, 0.3) is 0 Å². The van der Waals surface area contributed by atoms with Crippen LogP contribution in [-0.4, -0.2) is 37.6 Å². The van der Waals surface area contributed by atoms with E-state index >= 15 is 0 Å². The highest BCUT2D eigenvalue weighted by atomic mass is 15.1. The molecule has 1 heterocycles. The lowest BCUT2D eigenvalue weighted by molar-refractivity contribution is 0.284. The van der Waals surface area contributed by atoms with Crippen LogP contribution in [0, 0.1) is 0 Å². The molecule has 0 aliphatic carbocycles. The van der Waals surface area contributed by atoms with Gasteiger partial charge in [0.1, 0.15) is 0 Å². The number of hydrogen-bond acceptors (Lipinski definition) is 2. The maximum atomic E-state index is 3.47. The molecule has 0 saturated carbocycles. The maximum absolute atomic E-state index is 3.47. The molecule has 1 aliphatic rings. The first-order valence-corrected chi connectivity index (χ1v) is 8.86. The number of hydrogen-bond donors (Lipinski definition) is 1. The summed E-state index contributed by atoms with van der Waals surface area (Å²) in [6, 6.07) is 0. The van der Waals surface area contributed by atoms with Gasteiger partial charge >= 0.3 is 0 Å². The molecule has 1 fully saturated rings. The van der Waals surface area contributed by atoms with Crippen molar-refractivity contribution in [1.29, 1.82) is 0 Å². The highest BCUT2D eigenvalue weighted by molar-refractivity contribution is 4.65. The molecule has 1 aliphatic heterocycles. The van der Waals surface area contributed by atoms with Crippen LogP contribution in [0.4, 0.5) is 0 Å². The van der Waals surface area contributed by atoms with Crippen molar-refractivity contribution in [3.05, 3.63) is 0 Å². The predicted molar refractivity (Wildman–Crippen MR) is 85.8 cm³/mol. The minimum absolute atomic E-state index is 1.19. The third kappa shape index (κ3) is 10.4. The molecular weight excluding hydrogens is 232 g/mol. The van der Waals surface area contributed by atoms with Crippen LogP contribution in [0.2, 0.25) is 0 Å². The molecule has 1 rings (SSSR count). The second-order valence-corrected chi connectivity index (χ2v) is 6.13. The molecule has 0 aromatic heterocycles.